The van der Waals surface area contributed by atoms with Gasteiger partial charge in [-0.2, -0.15) is 0 Å². The molecule has 1 heterocycles. The molecular formula is C5H7NSi. The van der Waals surface area contributed by atoms with Gasteiger partial charge in [0.2, 0.25) is 0 Å². The first kappa shape index (κ1) is 4.52. The summed E-state index contributed by atoms with van der Waals surface area (Å²) in [7, 11) is -0.685. The van der Waals surface area contributed by atoms with E-state index in [1.54, 1.807) is 0 Å². The lowest BCUT2D eigenvalue weighted by molar-refractivity contribution is 1.84. The van der Waals surface area contributed by atoms with Gasteiger partial charge in [-0.25, -0.2) is 0 Å². The Labute approximate surface area is 44.4 Å². The molecule has 36 valence electrons. The number of rotatable bonds is 0. The SMILES string of the molecule is N[si]1ccccc1. The molecule has 0 aliphatic rings. The molecule has 0 bridgehead atoms. The topological polar surface area (TPSA) is 26.0 Å². The van der Waals surface area contributed by atoms with Crippen molar-refractivity contribution in [1.82, 2.24) is 0 Å². The summed E-state index contributed by atoms with van der Waals surface area (Å²) in [6.45, 7) is 0. The number of nitrogens with two attached hydrogens (primary N) is 1. The first-order valence-electron chi connectivity index (χ1n) is 2.20. The van der Waals surface area contributed by atoms with Crippen molar-refractivity contribution in [3.63, 3.8) is 0 Å². The third-order valence-corrected chi connectivity index (χ3v) is 1.95. The zero-order valence-corrected chi connectivity index (χ0v) is 4.96. The van der Waals surface area contributed by atoms with Gasteiger partial charge in [0.1, 0.15) is 8.56 Å². The van der Waals surface area contributed by atoms with E-state index in [-0.39, 0.29) is 0 Å². The largest absolute Gasteiger partial charge is 0.430 e. The fourth-order valence-corrected chi connectivity index (χ4v) is 1.23. The highest BCUT2D eigenvalue weighted by atomic mass is 28.2. The zero-order valence-electron chi connectivity index (χ0n) is 3.96. The average Bonchev–Trinajstić information content (AvgIpc) is 1.69. The molecule has 1 aromatic heterocycles. The highest BCUT2D eigenvalue weighted by Gasteiger charge is 1.75. The van der Waals surface area contributed by atoms with E-state index in [1.165, 1.54) is 0 Å². The zero-order chi connectivity index (χ0) is 5.11. The van der Waals surface area contributed by atoms with Crippen LogP contribution < -0.4 is 5.40 Å². The second-order valence-electron chi connectivity index (χ2n) is 1.41. The second kappa shape index (κ2) is 1.89. The number of hydrogen-bond acceptors (Lipinski definition) is 1. The summed E-state index contributed by atoms with van der Waals surface area (Å²) in [5.74, 6) is 0. The Morgan fingerprint density at radius 3 is 1.86 bits per heavy atom. The Balaban J connectivity index is 3.02. The van der Waals surface area contributed by atoms with Crippen LogP contribution in [-0.4, -0.2) is 8.56 Å². The molecule has 1 rings (SSSR count). The van der Waals surface area contributed by atoms with Crippen LogP contribution in [-0.2, 0) is 0 Å². The molecule has 2 N–H and O–H groups in total. The maximum Gasteiger partial charge on any atom is 0.148 e. The maximum atomic E-state index is 5.54. The van der Waals surface area contributed by atoms with Crippen molar-refractivity contribution >= 4 is 8.56 Å². The van der Waals surface area contributed by atoms with Gasteiger partial charge in [0.15, 0.2) is 0 Å². The number of nitrogen functional groups attached to an aromatic ring is 1. The van der Waals surface area contributed by atoms with E-state index in [0.29, 0.717) is 0 Å². The summed E-state index contributed by atoms with van der Waals surface area (Å²) in [5, 5.41) is 5.54. The summed E-state index contributed by atoms with van der Waals surface area (Å²) in [4.78, 5) is 0. The van der Waals surface area contributed by atoms with Crippen LogP contribution in [0.25, 0.3) is 0 Å². The maximum absolute atomic E-state index is 5.54. The van der Waals surface area contributed by atoms with Crippen molar-refractivity contribution in [3.05, 3.63) is 29.6 Å². The van der Waals surface area contributed by atoms with Crippen molar-refractivity contribution in [2.24, 2.45) is 0 Å². The van der Waals surface area contributed by atoms with Gasteiger partial charge in [0.05, 0.1) is 0 Å². The van der Waals surface area contributed by atoms with E-state index in [4.69, 9.17) is 5.40 Å². The molecule has 2 heteroatoms. The van der Waals surface area contributed by atoms with Crippen molar-refractivity contribution in [3.8, 4) is 0 Å². The van der Waals surface area contributed by atoms with Gasteiger partial charge in [0.25, 0.3) is 0 Å². The van der Waals surface area contributed by atoms with E-state index in [1.807, 2.05) is 29.6 Å². The van der Waals surface area contributed by atoms with Crippen LogP contribution in [0.15, 0.2) is 29.6 Å². The molecule has 0 unspecified atom stereocenters. The van der Waals surface area contributed by atoms with Crippen LogP contribution in [0, 0.1) is 0 Å². The van der Waals surface area contributed by atoms with Gasteiger partial charge in [-0.15, -0.1) is 0 Å². The minimum Gasteiger partial charge on any atom is -0.430 e. The molecular weight excluding hydrogens is 102 g/mol. The third kappa shape index (κ3) is 1.12. The van der Waals surface area contributed by atoms with E-state index in [0.717, 1.165) is 0 Å². The summed E-state index contributed by atoms with van der Waals surface area (Å²) < 4.78 is 0. The lowest BCUT2D eigenvalue weighted by Crippen LogP contribution is -2.07. The quantitative estimate of drug-likeness (QED) is 0.480. The van der Waals surface area contributed by atoms with E-state index < -0.39 is 8.56 Å². The van der Waals surface area contributed by atoms with Gasteiger partial charge in [-0.1, -0.05) is 29.6 Å². The summed E-state index contributed by atoms with van der Waals surface area (Å²) in [6.07, 6.45) is 0. The molecule has 0 saturated heterocycles. The smallest absolute Gasteiger partial charge is 0.148 e. The molecule has 0 aromatic carbocycles. The van der Waals surface area contributed by atoms with Crippen molar-refractivity contribution in [1.29, 1.82) is 0 Å². The minimum atomic E-state index is -0.685. The van der Waals surface area contributed by atoms with Crippen molar-refractivity contribution in [2.75, 3.05) is 5.40 Å². The Bertz CT molecular complexity index is 138. The lowest BCUT2D eigenvalue weighted by atomic mass is 10.6. The second-order valence-corrected chi connectivity index (χ2v) is 3.08. The molecule has 7 heavy (non-hydrogen) atoms. The summed E-state index contributed by atoms with van der Waals surface area (Å²) >= 11 is 0. The first-order valence-corrected chi connectivity index (χ1v) is 3.93. The van der Waals surface area contributed by atoms with Crippen molar-refractivity contribution in [2.45, 2.75) is 0 Å². The first-order chi connectivity index (χ1) is 3.39. The summed E-state index contributed by atoms with van der Waals surface area (Å²) in [5.41, 5.74) is 4.09. The predicted molar refractivity (Wildman–Crippen MR) is 32.5 cm³/mol. The lowest BCUT2D eigenvalue weighted by Gasteiger charge is -1.81. The number of hydrogen-bond donors (Lipinski definition) is 1. The van der Waals surface area contributed by atoms with Crippen LogP contribution in [0.1, 0.15) is 0 Å². The fraction of sp³-hybridized carbons (Fsp3) is 0. The molecule has 0 aliphatic carbocycles. The molecule has 1 aromatic rings. The van der Waals surface area contributed by atoms with Crippen molar-refractivity contribution < 1.29 is 0 Å². The predicted octanol–water partition coefficient (Wildman–Crippen LogP) is 0.426. The monoisotopic (exact) mass is 109 g/mol. The molecule has 0 aliphatic heterocycles. The van der Waals surface area contributed by atoms with Gasteiger partial charge < -0.3 is 5.40 Å². The van der Waals surface area contributed by atoms with Crippen LogP contribution in [0.3, 0.4) is 0 Å². The standard InChI is InChI=1S/C5H7NSi/c6-7-4-2-1-3-5-7/h1-5H,6H2. The van der Waals surface area contributed by atoms with Gasteiger partial charge in [0, 0.05) is 0 Å². The van der Waals surface area contributed by atoms with E-state index in [2.05, 4.69) is 0 Å². The van der Waals surface area contributed by atoms with Gasteiger partial charge in [-0.3, -0.25) is 0 Å². The average molecular weight is 109 g/mol. The Kier molecular flexibility index (Phi) is 1.22. The molecule has 0 radical (unpaired) electrons. The molecule has 1 nitrogen and oxygen atoms in total. The van der Waals surface area contributed by atoms with E-state index in [9.17, 15) is 0 Å². The molecule has 0 saturated carbocycles. The van der Waals surface area contributed by atoms with Gasteiger partial charge >= 0.3 is 0 Å². The molecule has 0 atom stereocenters. The third-order valence-electron chi connectivity index (χ3n) is 0.800. The Morgan fingerprint density at radius 2 is 1.57 bits per heavy atom. The fourth-order valence-electron chi connectivity index (χ4n) is 0.453. The van der Waals surface area contributed by atoms with Crippen LogP contribution in [0.4, 0.5) is 0 Å². The molecule has 0 spiro atoms. The van der Waals surface area contributed by atoms with E-state index >= 15 is 0 Å². The molecule has 0 amide bonds. The van der Waals surface area contributed by atoms with Crippen LogP contribution in [0.5, 0.6) is 0 Å². The van der Waals surface area contributed by atoms with Gasteiger partial charge in [-0.05, 0) is 0 Å². The normalized spacial score (nSPS) is 8.57. The minimum absolute atomic E-state index is 0.685. The summed E-state index contributed by atoms with van der Waals surface area (Å²) in [6, 6.07) is 5.98. The molecule has 0 fully saturated rings. The van der Waals surface area contributed by atoms with Crippen LogP contribution >= 0.6 is 0 Å². The highest BCUT2D eigenvalue weighted by Crippen LogP contribution is 1.77. The highest BCUT2D eigenvalue weighted by molar-refractivity contribution is 6.49. The van der Waals surface area contributed by atoms with Crippen LogP contribution in [0.2, 0.25) is 0 Å². The Morgan fingerprint density at radius 1 is 1.00 bits per heavy atom. The Hall–Kier alpha value is -0.633.